The first-order valence-corrected chi connectivity index (χ1v) is 13.0. The molecule has 2 aromatic carbocycles. The molecular formula is C26H31N3O6P+. The fraction of sp³-hybridized carbons (Fsp3) is 0.231. The van der Waals surface area contributed by atoms with E-state index in [4.69, 9.17) is 19.5 Å². The number of rotatable bonds is 10. The van der Waals surface area contributed by atoms with Crippen molar-refractivity contribution in [1.82, 2.24) is 5.16 Å². The van der Waals surface area contributed by atoms with E-state index >= 15 is 0 Å². The van der Waals surface area contributed by atoms with Crippen LogP contribution in [0.5, 0.6) is 5.75 Å². The first-order valence-electron chi connectivity index (χ1n) is 11.5. The van der Waals surface area contributed by atoms with Crippen LogP contribution in [0.1, 0.15) is 30.7 Å². The monoisotopic (exact) mass is 512 g/mol. The van der Waals surface area contributed by atoms with Gasteiger partial charge in [0.15, 0.2) is 5.76 Å². The Labute approximate surface area is 210 Å². The highest BCUT2D eigenvalue weighted by molar-refractivity contribution is 7.47. The van der Waals surface area contributed by atoms with Gasteiger partial charge in [-0.3, -0.25) is 10.3 Å². The second-order valence-electron chi connectivity index (χ2n) is 7.46. The van der Waals surface area contributed by atoms with Crippen LogP contribution >= 0.6 is 7.82 Å². The van der Waals surface area contributed by atoms with E-state index in [0.29, 0.717) is 30.2 Å². The molecule has 2 aromatic heterocycles. The fourth-order valence-electron chi connectivity index (χ4n) is 3.25. The van der Waals surface area contributed by atoms with Crippen molar-refractivity contribution in [2.75, 3.05) is 12.8 Å². The van der Waals surface area contributed by atoms with Gasteiger partial charge < -0.3 is 14.2 Å². The van der Waals surface area contributed by atoms with Gasteiger partial charge in [0, 0.05) is 19.6 Å². The van der Waals surface area contributed by atoms with Gasteiger partial charge in [0.05, 0.1) is 11.9 Å². The Morgan fingerprint density at radius 2 is 1.75 bits per heavy atom. The van der Waals surface area contributed by atoms with Crippen molar-refractivity contribution in [3.8, 4) is 17.1 Å². The second kappa shape index (κ2) is 13.0. The van der Waals surface area contributed by atoms with Crippen molar-refractivity contribution in [2.45, 2.75) is 33.6 Å². The third-order valence-corrected chi connectivity index (χ3v) is 5.99. The second-order valence-corrected chi connectivity index (χ2v) is 9.02. The number of nitrogens with two attached hydrogens (primary N) is 1. The molecule has 0 aliphatic carbocycles. The van der Waals surface area contributed by atoms with Crippen LogP contribution in [0.15, 0.2) is 83.5 Å². The molecule has 10 heteroatoms. The predicted octanol–water partition coefficient (Wildman–Crippen LogP) is 5.13. The maximum Gasteiger partial charge on any atom is 0.475 e. The molecule has 190 valence electrons. The largest absolute Gasteiger partial charge is 0.489 e. The minimum Gasteiger partial charge on any atom is -0.489 e. The molecule has 0 spiro atoms. The van der Waals surface area contributed by atoms with E-state index in [9.17, 15) is 9.46 Å². The van der Waals surface area contributed by atoms with Crippen molar-refractivity contribution in [3.63, 3.8) is 0 Å². The summed E-state index contributed by atoms with van der Waals surface area (Å²) in [6, 6.07) is 23.1. The molecule has 1 atom stereocenters. The summed E-state index contributed by atoms with van der Waals surface area (Å²) in [5.41, 5.74) is 9.68. The molecule has 1 unspecified atom stereocenters. The summed E-state index contributed by atoms with van der Waals surface area (Å²) >= 11 is 0. The van der Waals surface area contributed by atoms with E-state index in [-0.39, 0.29) is 6.73 Å². The molecule has 0 aliphatic heterocycles. The van der Waals surface area contributed by atoms with E-state index in [1.165, 1.54) is 4.57 Å². The zero-order valence-electron chi connectivity index (χ0n) is 20.5. The first-order chi connectivity index (χ1) is 17.4. The van der Waals surface area contributed by atoms with Crippen LogP contribution in [0.3, 0.4) is 0 Å². The Morgan fingerprint density at radius 1 is 1.03 bits per heavy atom. The number of hydrogen-bond donors (Lipinski definition) is 2. The van der Waals surface area contributed by atoms with Gasteiger partial charge in [0.2, 0.25) is 6.73 Å². The van der Waals surface area contributed by atoms with Crippen molar-refractivity contribution in [1.29, 1.82) is 0 Å². The lowest BCUT2D eigenvalue weighted by Gasteiger charge is -2.09. The maximum absolute atomic E-state index is 11.5. The Hall–Kier alpha value is -3.49. The topological polar surface area (TPSA) is 121 Å². The number of hydrogen-bond acceptors (Lipinski definition) is 7. The number of phosphoric ester groups is 1. The van der Waals surface area contributed by atoms with Gasteiger partial charge in [-0.1, -0.05) is 61.5 Å². The summed E-state index contributed by atoms with van der Waals surface area (Å²) in [6.45, 7) is 4.25. The minimum absolute atomic E-state index is 0.263. The summed E-state index contributed by atoms with van der Waals surface area (Å²) in [5, 5.41) is 4.15. The molecule has 2 heterocycles. The lowest BCUT2D eigenvalue weighted by atomic mass is 10.1. The average molecular weight is 513 g/mol. The number of nitrogens with zero attached hydrogens (tertiary/aromatic N) is 2. The standard InChI is InChI=1S/C24H24N3O6P.C2H6/c1-30-34(28,29)32-17-27-13-5-8-22(24(27)25)23-15-20(26-33-23)14-18-9-11-21(12-10-18)31-16-19-6-3-2-4-7-19;1-2/h2-13,15,25H,14,16-17H2,1H3,(H,28,29);1-2H3/p+1. The zero-order valence-corrected chi connectivity index (χ0v) is 21.4. The average Bonchev–Trinajstić information content (AvgIpc) is 3.37. The van der Waals surface area contributed by atoms with Crippen molar-refractivity contribution < 1.29 is 32.3 Å². The molecular weight excluding hydrogens is 481 g/mol. The van der Waals surface area contributed by atoms with E-state index < -0.39 is 7.82 Å². The van der Waals surface area contributed by atoms with E-state index in [1.54, 1.807) is 18.3 Å². The van der Waals surface area contributed by atoms with Gasteiger partial charge in [-0.25, -0.2) is 13.7 Å². The summed E-state index contributed by atoms with van der Waals surface area (Å²) in [6.07, 6.45) is 2.19. The molecule has 0 radical (unpaired) electrons. The molecule has 4 rings (SSSR count). The van der Waals surface area contributed by atoms with Gasteiger partial charge in [0.1, 0.15) is 17.9 Å². The van der Waals surface area contributed by atoms with Crippen LogP contribution in [0.25, 0.3) is 11.3 Å². The molecule has 0 bridgehead atoms. The van der Waals surface area contributed by atoms with Gasteiger partial charge in [-0.05, 0) is 35.4 Å². The fourth-order valence-corrected chi connectivity index (χ4v) is 3.62. The van der Waals surface area contributed by atoms with Gasteiger partial charge in [-0.15, -0.1) is 0 Å². The number of pyridine rings is 1. The summed E-state index contributed by atoms with van der Waals surface area (Å²) in [5.74, 6) is 1.56. The normalized spacial score (nSPS) is 12.3. The van der Waals surface area contributed by atoms with Gasteiger partial charge in [0.25, 0.3) is 5.82 Å². The van der Waals surface area contributed by atoms with E-state index in [2.05, 4.69) is 9.68 Å². The zero-order chi connectivity index (χ0) is 26.0. The quantitative estimate of drug-likeness (QED) is 0.222. The third-order valence-electron chi connectivity index (χ3n) is 5.09. The Morgan fingerprint density at radius 3 is 2.44 bits per heavy atom. The Balaban J connectivity index is 0.00000176. The number of aromatic nitrogens is 2. The van der Waals surface area contributed by atoms with Crippen molar-refractivity contribution in [3.05, 3.63) is 95.8 Å². The van der Waals surface area contributed by atoms with Crippen LogP contribution < -0.4 is 15.0 Å². The molecule has 9 nitrogen and oxygen atoms in total. The number of phosphoric acid groups is 1. The van der Waals surface area contributed by atoms with Crippen molar-refractivity contribution >= 4 is 13.6 Å². The number of anilines is 1. The summed E-state index contributed by atoms with van der Waals surface area (Å²) < 4.78 is 33.6. The summed E-state index contributed by atoms with van der Waals surface area (Å²) in [7, 11) is -3.04. The minimum atomic E-state index is -4.13. The molecule has 0 amide bonds. The Kier molecular flexibility index (Phi) is 9.78. The molecule has 0 saturated carbocycles. The first kappa shape index (κ1) is 27.1. The number of benzene rings is 2. The van der Waals surface area contributed by atoms with E-state index in [1.807, 2.05) is 74.5 Å². The SMILES string of the molecule is CC.COP(=O)(O)OC[n+]1cccc(-c2cc(Cc3ccc(OCc4ccccc4)cc3)no2)c1N. The smallest absolute Gasteiger partial charge is 0.475 e. The highest BCUT2D eigenvalue weighted by Crippen LogP contribution is 2.41. The molecule has 3 N–H and O–H groups in total. The molecule has 0 aliphatic rings. The Bertz CT molecular complexity index is 1280. The lowest BCUT2D eigenvalue weighted by Crippen LogP contribution is -2.38. The summed E-state index contributed by atoms with van der Waals surface area (Å²) in [4.78, 5) is 9.43. The third kappa shape index (κ3) is 7.50. The van der Waals surface area contributed by atoms with Gasteiger partial charge >= 0.3 is 7.82 Å². The van der Waals surface area contributed by atoms with Crippen LogP contribution in [-0.2, 0) is 33.4 Å². The highest BCUT2D eigenvalue weighted by atomic mass is 31.2. The van der Waals surface area contributed by atoms with Crippen LogP contribution in [0, 0.1) is 0 Å². The number of ether oxygens (including phenoxy) is 1. The molecule has 4 aromatic rings. The van der Waals surface area contributed by atoms with E-state index in [0.717, 1.165) is 29.7 Å². The highest BCUT2D eigenvalue weighted by Gasteiger charge is 2.22. The predicted molar refractivity (Wildman–Crippen MR) is 136 cm³/mol. The molecule has 0 saturated heterocycles. The molecule has 0 fully saturated rings. The number of nitrogen functional groups attached to an aromatic ring is 1. The van der Waals surface area contributed by atoms with Crippen LogP contribution in [0.4, 0.5) is 5.82 Å². The lowest BCUT2D eigenvalue weighted by molar-refractivity contribution is -0.711. The van der Waals surface area contributed by atoms with Gasteiger partial charge in [-0.2, -0.15) is 0 Å². The maximum atomic E-state index is 11.5. The van der Waals surface area contributed by atoms with Crippen LogP contribution in [0.2, 0.25) is 0 Å². The van der Waals surface area contributed by atoms with Crippen molar-refractivity contribution in [2.24, 2.45) is 0 Å². The molecule has 36 heavy (non-hydrogen) atoms. The van der Waals surface area contributed by atoms with Crippen LogP contribution in [-0.4, -0.2) is 17.2 Å².